The Kier molecular flexibility index (Phi) is 5.91. The second-order valence-corrected chi connectivity index (χ2v) is 8.62. The van der Waals surface area contributed by atoms with Crippen LogP contribution in [0.5, 0.6) is 0 Å². The Hall–Kier alpha value is -3.05. The van der Waals surface area contributed by atoms with Crippen molar-refractivity contribution in [3.05, 3.63) is 95.1 Å². The van der Waals surface area contributed by atoms with Gasteiger partial charge in [0.05, 0.1) is 12.2 Å². The molecular weight excluding hydrogens is 392 g/mol. The van der Waals surface area contributed by atoms with E-state index >= 15 is 0 Å². The first kappa shape index (κ1) is 20.2. The van der Waals surface area contributed by atoms with Crippen LogP contribution in [0.25, 0.3) is 0 Å². The Balaban J connectivity index is 1.49. The maximum atomic E-state index is 12.6. The fourth-order valence-electron chi connectivity index (χ4n) is 3.72. The third kappa shape index (κ3) is 4.41. The lowest BCUT2D eigenvalue weighted by atomic mass is 10.1. The molecule has 1 aliphatic heterocycles. The van der Waals surface area contributed by atoms with Gasteiger partial charge in [0.15, 0.2) is 0 Å². The van der Waals surface area contributed by atoms with Gasteiger partial charge in [-0.25, -0.2) is 0 Å². The minimum atomic E-state index is -0.0621. The standard InChI is InChI=1S/C25H24N2O2S/c1-17-8-13-22(18(2)14-17)27-24(29)16-30-25(27)20-9-11-21(12-10-20)26-23(28)15-19-6-4-3-5-7-19/h3-14,25H,15-16H2,1-2H3,(H,26,28). The highest BCUT2D eigenvalue weighted by molar-refractivity contribution is 8.00. The van der Waals surface area contributed by atoms with Crippen molar-refractivity contribution < 1.29 is 9.59 Å². The van der Waals surface area contributed by atoms with Gasteiger partial charge in [-0.3, -0.25) is 14.5 Å². The Morgan fingerprint density at radius 3 is 2.47 bits per heavy atom. The SMILES string of the molecule is Cc1ccc(N2C(=O)CSC2c2ccc(NC(=O)Cc3ccccc3)cc2)c(C)c1. The predicted molar refractivity (Wildman–Crippen MR) is 124 cm³/mol. The Morgan fingerprint density at radius 2 is 1.77 bits per heavy atom. The van der Waals surface area contributed by atoms with Crippen LogP contribution in [0.2, 0.25) is 0 Å². The number of nitrogens with zero attached hydrogens (tertiary/aromatic N) is 1. The number of carbonyl (C=O) groups excluding carboxylic acids is 2. The molecule has 0 spiro atoms. The third-order valence-electron chi connectivity index (χ3n) is 5.17. The zero-order valence-corrected chi connectivity index (χ0v) is 17.9. The van der Waals surface area contributed by atoms with E-state index in [-0.39, 0.29) is 17.2 Å². The van der Waals surface area contributed by atoms with Crippen molar-refractivity contribution in [3.8, 4) is 0 Å². The maximum Gasteiger partial charge on any atom is 0.238 e. The molecule has 0 saturated carbocycles. The number of aryl methyl sites for hydroxylation is 2. The molecule has 1 atom stereocenters. The average molecular weight is 417 g/mol. The monoisotopic (exact) mass is 416 g/mol. The molecule has 1 unspecified atom stereocenters. The number of hydrogen-bond donors (Lipinski definition) is 1. The van der Waals surface area contributed by atoms with E-state index in [4.69, 9.17) is 0 Å². The summed E-state index contributed by atoms with van der Waals surface area (Å²) in [5.41, 5.74) is 6.03. The van der Waals surface area contributed by atoms with Crippen LogP contribution < -0.4 is 10.2 Å². The molecule has 4 nitrogen and oxygen atoms in total. The number of carbonyl (C=O) groups is 2. The first-order valence-electron chi connectivity index (χ1n) is 9.96. The molecule has 1 fully saturated rings. The molecule has 3 aromatic carbocycles. The van der Waals surface area contributed by atoms with Crippen molar-refractivity contribution in [2.45, 2.75) is 25.6 Å². The molecule has 0 aromatic heterocycles. The van der Waals surface area contributed by atoms with Gasteiger partial charge in [-0.2, -0.15) is 0 Å². The summed E-state index contributed by atoms with van der Waals surface area (Å²) in [6.07, 6.45) is 0.343. The molecule has 30 heavy (non-hydrogen) atoms. The largest absolute Gasteiger partial charge is 0.326 e. The molecule has 0 radical (unpaired) electrons. The van der Waals surface area contributed by atoms with Gasteiger partial charge in [0.2, 0.25) is 11.8 Å². The molecule has 152 valence electrons. The number of hydrogen-bond acceptors (Lipinski definition) is 3. The van der Waals surface area contributed by atoms with Crippen LogP contribution in [-0.4, -0.2) is 17.6 Å². The number of amides is 2. The summed E-state index contributed by atoms with van der Waals surface area (Å²) in [4.78, 5) is 26.8. The third-order valence-corrected chi connectivity index (χ3v) is 6.38. The van der Waals surface area contributed by atoms with Crippen molar-refractivity contribution in [2.24, 2.45) is 0 Å². The Bertz CT molecular complexity index is 1060. The van der Waals surface area contributed by atoms with E-state index in [9.17, 15) is 9.59 Å². The number of benzene rings is 3. The molecular formula is C25H24N2O2S. The van der Waals surface area contributed by atoms with Crippen LogP contribution >= 0.6 is 11.8 Å². The van der Waals surface area contributed by atoms with E-state index in [2.05, 4.69) is 18.3 Å². The molecule has 1 N–H and O–H groups in total. The Morgan fingerprint density at radius 1 is 1.03 bits per heavy atom. The van der Waals surface area contributed by atoms with Gasteiger partial charge in [0.1, 0.15) is 5.37 Å². The van der Waals surface area contributed by atoms with E-state index in [1.54, 1.807) is 11.8 Å². The molecule has 0 bridgehead atoms. The summed E-state index contributed by atoms with van der Waals surface area (Å²) in [5.74, 6) is 0.543. The average Bonchev–Trinajstić information content (AvgIpc) is 3.10. The maximum absolute atomic E-state index is 12.6. The fraction of sp³-hybridized carbons (Fsp3) is 0.200. The van der Waals surface area contributed by atoms with Gasteiger partial charge >= 0.3 is 0 Å². The summed E-state index contributed by atoms with van der Waals surface area (Å²) in [7, 11) is 0. The first-order chi connectivity index (χ1) is 14.5. The lowest BCUT2D eigenvalue weighted by Gasteiger charge is -2.26. The van der Waals surface area contributed by atoms with Crippen LogP contribution in [0.15, 0.2) is 72.8 Å². The summed E-state index contributed by atoms with van der Waals surface area (Å²) in [6, 6.07) is 23.7. The van der Waals surface area contributed by atoms with Crippen LogP contribution in [-0.2, 0) is 16.0 Å². The molecule has 5 heteroatoms. The fourth-order valence-corrected chi connectivity index (χ4v) is 4.89. The lowest BCUT2D eigenvalue weighted by molar-refractivity contribution is -0.116. The van der Waals surface area contributed by atoms with E-state index in [1.807, 2.05) is 78.6 Å². The summed E-state index contributed by atoms with van der Waals surface area (Å²) in [6.45, 7) is 4.10. The second-order valence-electron chi connectivity index (χ2n) is 7.55. The second kappa shape index (κ2) is 8.76. The Labute approximate surface area is 181 Å². The quantitative estimate of drug-likeness (QED) is 0.617. The molecule has 1 aliphatic rings. The number of thioether (sulfide) groups is 1. The molecule has 4 rings (SSSR count). The highest BCUT2D eigenvalue weighted by atomic mass is 32.2. The summed E-state index contributed by atoms with van der Waals surface area (Å²) < 4.78 is 0. The van der Waals surface area contributed by atoms with Crippen LogP contribution in [0.1, 0.15) is 27.6 Å². The predicted octanol–water partition coefficient (Wildman–Crippen LogP) is 5.26. The van der Waals surface area contributed by atoms with Gasteiger partial charge in [0.25, 0.3) is 0 Å². The highest BCUT2D eigenvalue weighted by Gasteiger charge is 2.34. The molecule has 1 heterocycles. The van der Waals surface area contributed by atoms with Crippen LogP contribution in [0.3, 0.4) is 0 Å². The van der Waals surface area contributed by atoms with Gasteiger partial charge in [-0.15, -0.1) is 11.8 Å². The van der Waals surface area contributed by atoms with Gasteiger partial charge < -0.3 is 5.32 Å². The highest BCUT2D eigenvalue weighted by Crippen LogP contribution is 2.43. The topological polar surface area (TPSA) is 49.4 Å². The molecule has 1 saturated heterocycles. The van der Waals surface area contributed by atoms with Crippen molar-refractivity contribution >= 4 is 35.0 Å². The number of rotatable bonds is 5. The first-order valence-corrected chi connectivity index (χ1v) is 11.0. The number of nitrogens with one attached hydrogen (secondary N) is 1. The normalized spacial score (nSPS) is 16.0. The van der Waals surface area contributed by atoms with E-state index in [0.29, 0.717) is 12.2 Å². The molecule has 2 amide bonds. The van der Waals surface area contributed by atoms with Gasteiger partial charge in [0, 0.05) is 11.4 Å². The van der Waals surface area contributed by atoms with Gasteiger partial charge in [-0.1, -0.05) is 60.2 Å². The summed E-state index contributed by atoms with van der Waals surface area (Å²) >= 11 is 1.63. The van der Waals surface area contributed by atoms with Crippen LogP contribution in [0, 0.1) is 13.8 Å². The zero-order chi connectivity index (χ0) is 21.1. The minimum Gasteiger partial charge on any atom is -0.326 e. The summed E-state index contributed by atoms with van der Waals surface area (Å²) in [5, 5.41) is 2.89. The van der Waals surface area contributed by atoms with E-state index in [0.717, 1.165) is 28.1 Å². The van der Waals surface area contributed by atoms with Crippen LogP contribution in [0.4, 0.5) is 11.4 Å². The lowest BCUT2D eigenvalue weighted by Crippen LogP contribution is -2.28. The van der Waals surface area contributed by atoms with Crippen molar-refractivity contribution in [1.29, 1.82) is 0 Å². The minimum absolute atomic E-state index is 0.0451. The zero-order valence-electron chi connectivity index (χ0n) is 17.1. The van der Waals surface area contributed by atoms with Crippen molar-refractivity contribution in [3.63, 3.8) is 0 Å². The van der Waals surface area contributed by atoms with Crippen molar-refractivity contribution in [2.75, 3.05) is 16.0 Å². The van der Waals surface area contributed by atoms with Crippen molar-refractivity contribution in [1.82, 2.24) is 0 Å². The molecule has 3 aromatic rings. The van der Waals surface area contributed by atoms with E-state index < -0.39 is 0 Å². The van der Waals surface area contributed by atoms with Gasteiger partial charge in [-0.05, 0) is 48.7 Å². The number of anilines is 2. The van der Waals surface area contributed by atoms with E-state index in [1.165, 1.54) is 5.56 Å². The smallest absolute Gasteiger partial charge is 0.238 e. The molecule has 0 aliphatic carbocycles.